The predicted octanol–water partition coefficient (Wildman–Crippen LogP) is 2.58. The highest BCUT2D eigenvalue weighted by Crippen LogP contribution is 2.30. The summed E-state index contributed by atoms with van der Waals surface area (Å²) < 4.78 is 4.90. The summed E-state index contributed by atoms with van der Waals surface area (Å²) in [6.07, 6.45) is 0.689. The average molecular weight is 349 g/mol. The molecule has 0 radical (unpaired) electrons. The second-order valence-electron chi connectivity index (χ2n) is 4.77. The molecule has 9 heteroatoms. The maximum Gasteiger partial charge on any atom is 0.311 e. The Labute approximate surface area is 141 Å². The lowest BCUT2D eigenvalue weighted by Gasteiger charge is -2.06. The Morgan fingerprint density at radius 2 is 2.08 bits per heavy atom. The average Bonchev–Trinajstić information content (AvgIpc) is 2.97. The number of nitrogens with two attached hydrogens (primary N) is 1. The van der Waals surface area contributed by atoms with Crippen LogP contribution in [0, 0.1) is 10.1 Å². The molecular weight excluding hydrogens is 334 g/mol. The van der Waals surface area contributed by atoms with Gasteiger partial charge in [0.1, 0.15) is 5.00 Å². The SMILES string of the molecule is CCc1cc(C(N)=O)c(NC(=O)c2ccc(OC)c([N+](=O)[O-])c2)s1. The van der Waals surface area contributed by atoms with Gasteiger partial charge >= 0.3 is 5.69 Å². The number of ether oxygens (including phenoxy) is 1. The molecule has 1 aromatic carbocycles. The minimum Gasteiger partial charge on any atom is -0.490 e. The van der Waals surface area contributed by atoms with Gasteiger partial charge in [0.05, 0.1) is 17.6 Å². The number of nitro groups is 1. The van der Waals surface area contributed by atoms with Gasteiger partial charge in [-0.15, -0.1) is 11.3 Å². The van der Waals surface area contributed by atoms with E-state index in [9.17, 15) is 19.7 Å². The van der Waals surface area contributed by atoms with Gasteiger partial charge in [-0.05, 0) is 24.6 Å². The molecule has 126 valence electrons. The lowest BCUT2D eigenvalue weighted by atomic mass is 10.1. The third-order valence-electron chi connectivity index (χ3n) is 3.26. The minimum absolute atomic E-state index is 0.0544. The molecule has 0 unspecified atom stereocenters. The predicted molar refractivity (Wildman–Crippen MR) is 89.8 cm³/mol. The van der Waals surface area contributed by atoms with Crippen molar-refractivity contribution >= 4 is 33.8 Å². The number of nitro benzene ring substituents is 1. The number of hydrogen-bond acceptors (Lipinski definition) is 6. The van der Waals surface area contributed by atoms with Crippen molar-refractivity contribution in [2.24, 2.45) is 5.73 Å². The minimum atomic E-state index is -0.651. The van der Waals surface area contributed by atoms with Crippen LogP contribution < -0.4 is 15.8 Å². The van der Waals surface area contributed by atoms with Crippen LogP contribution in [-0.2, 0) is 6.42 Å². The van der Waals surface area contributed by atoms with Crippen LogP contribution in [0.25, 0.3) is 0 Å². The molecule has 0 aliphatic rings. The molecule has 24 heavy (non-hydrogen) atoms. The lowest BCUT2D eigenvalue weighted by molar-refractivity contribution is -0.385. The molecule has 0 saturated heterocycles. The van der Waals surface area contributed by atoms with E-state index in [0.717, 1.165) is 10.9 Å². The van der Waals surface area contributed by atoms with E-state index in [0.29, 0.717) is 11.4 Å². The van der Waals surface area contributed by atoms with Crippen LogP contribution in [0.4, 0.5) is 10.7 Å². The molecule has 1 heterocycles. The second kappa shape index (κ2) is 7.09. The largest absolute Gasteiger partial charge is 0.490 e. The number of carbonyl (C=O) groups is 2. The first-order valence-corrected chi connectivity index (χ1v) is 7.75. The van der Waals surface area contributed by atoms with Crippen molar-refractivity contribution in [1.82, 2.24) is 0 Å². The molecule has 8 nitrogen and oxygen atoms in total. The van der Waals surface area contributed by atoms with Gasteiger partial charge < -0.3 is 15.8 Å². The molecule has 0 aliphatic heterocycles. The van der Waals surface area contributed by atoms with E-state index in [1.54, 1.807) is 6.07 Å². The summed E-state index contributed by atoms with van der Waals surface area (Å²) in [5, 5.41) is 13.9. The summed E-state index contributed by atoms with van der Waals surface area (Å²) in [4.78, 5) is 35.1. The van der Waals surface area contributed by atoms with Crippen molar-refractivity contribution in [3.05, 3.63) is 50.4 Å². The van der Waals surface area contributed by atoms with Gasteiger partial charge in [0.2, 0.25) is 0 Å². The molecule has 0 spiro atoms. The Kier molecular flexibility index (Phi) is 5.14. The normalized spacial score (nSPS) is 10.2. The third kappa shape index (κ3) is 3.51. The van der Waals surface area contributed by atoms with Gasteiger partial charge in [-0.3, -0.25) is 19.7 Å². The lowest BCUT2D eigenvalue weighted by Crippen LogP contribution is -2.16. The van der Waals surface area contributed by atoms with Gasteiger partial charge in [-0.2, -0.15) is 0 Å². The molecule has 0 saturated carbocycles. The summed E-state index contributed by atoms with van der Waals surface area (Å²) in [5.74, 6) is -1.17. The van der Waals surface area contributed by atoms with Crippen molar-refractivity contribution < 1.29 is 19.2 Å². The number of methoxy groups -OCH3 is 1. The second-order valence-corrected chi connectivity index (χ2v) is 5.91. The molecule has 0 atom stereocenters. The van der Waals surface area contributed by atoms with E-state index in [4.69, 9.17) is 10.5 Å². The van der Waals surface area contributed by atoms with Gasteiger partial charge in [0.25, 0.3) is 11.8 Å². The van der Waals surface area contributed by atoms with Crippen LogP contribution >= 0.6 is 11.3 Å². The van der Waals surface area contributed by atoms with E-state index in [2.05, 4.69) is 5.32 Å². The molecule has 1 aromatic heterocycles. The van der Waals surface area contributed by atoms with Crippen LogP contribution in [0.3, 0.4) is 0 Å². The van der Waals surface area contributed by atoms with E-state index in [-0.39, 0.29) is 22.6 Å². The molecular formula is C15H15N3O5S. The number of aryl methyl sites for hydroxylation is 1. The van der Waals surface area contributed by atoms with Crippen molar-refractivity contribution in [1.29, 1.82) is 0 Å². The van der Waals surface area contributed by atoms with Crippen molar-refractivity contribution in [2.75, 3.05) is 12.4 Å². The van der Waals surface area contributed by atoms with Gasteiger partial charge in [-0.25, -0.2) is 0 Å². The number of primary amides is 1. The summed E-state index contributed by atoms with van der Waals surface area (Å²) in [7, 11) is 1.30. The van der Waals surface area contributed by atoms with Crippen molar-refractivity contribution in [2.45, 2.75) is 13.3 Å². The first-order valence-electron chi connectivity index (χ1n) is 6.93. The number of amides is 2. The quantitative estimate of drug-likeness (QED) is 0.612. The van der Waals surface area contributed by atoms with Crippen LogP contribution in [-0.4, -0.2) is 23.8 Å². The highest BCUT2D eigenvalue weighted by molar-refractivity contribution is 7.16. The summed E-state index contributed by atoms with van der Waals surface area (Å²) in [5.41, 5.74) is 5.28. The maximum atomic E-state index is 12.3. The molecule has 0 bridgehead atoms. The van der Waals surface area contributed by atoms with Gasteiger partial charge in [0.15, 0.2) is 5.75 Å². The molecule has 2 aromatic rings. The summed E-state index contributed by atoms with van der Waals surface area (Å²) in [6, 6.07) is 5.49. The molecule has 2 rings (SSSR count). The number of nitrogens with one attached hydrogen (secondary N) is 1. The Morgan fingerprint density at radius 3 is 2.62 bits per heavy atom. The Bertz CT molecular complexity index is 815. The number of hydrogen-bond donors (Lipinski definition) is 2. The van der Waals surface area contributed by atoms with Crippen molar-refractivity contribution in [3.8, 4) is 5.75 Å². The fourth-order valence-corrected chi connectivity index (χ4v) is 3.04. The summed E-state index contributed by atoms with van der Waals surface area (Å²) in [6.45, 7) is 1.91. The first-order chi connectivity index (χ1) is 11.4. The van der Waals surface area contributed by atoms with E-state index in [1.165, 1.54) is 30.6 Å². The van der Waals surface area contributed by atoms with Crippen molar-refractivity contribution in [3.63, 3.8) is 0 Å². The van der Waals surface area contributed by atoms with Gasteiger partial charge in [-0.1, -0.05) is 6.92 Å². The van der Waals surface area contributed by atoms with Crippen LogP contribution in [0.15, 0.2) is 24.3 Å². The van der Waals surface area contributed by atoms with E-state index in [1.807, 2.05) is 6.92 Å². The zero-order valence-electron chi connectivity index (χ0n) is 13.0. The molecule has 0 fully saturated rings. The Morgan fingerprint density at radius 1 is 1.38 bits per heavy atom. The third-order valence-corrected chi connectivity index (χ3v) is 4.46. The molecule has 2 amide bonds. The highest BCUT2D eigenvalue weighted by Gasteiger charge is 2.20. The summed E-state index contributed by atoms with van der Waals surface area (Å²) >= 11 is 1.24. The van der Waals surface area contributed by atoms with E-state index < -0.39 is 16.7 Å². The van der Waals surface area contributed by atoms with Crippen LogP contribution in [0.2, 0.25) is 0 Å². The number of nitrogens with zero attached hydrogens (tertiary/aromatic N) is 1. The standard InChI is InChI=1S/C15H15N3O5S/c1-3-9-7-10(13(16)19)15(24-9)17-14(20)8-4-5-12(23-2)11(6-8)18(21)22/h4-7H,3H2,1-2H3,(H2,16,19)(H,17,20). The van der Waals surface area contributed by atoms with Crippen LogP contribution in [0.1, 0.15) is 32.5 Å². The molecule has 3 N–H and O–H groups in total. The maximum absolute atomic E-state index is 12.3. The fraction of sp³-hybridized carbons (Fsp3) is 0.200. The monoisotopic (exact) mass is 349 g/mol. The van der Waals surface area contributed by atoms with Gasteiger partial charge in [0, 0.05) is 16.5 Å². The number of anilines is 1. The number of rotatable bonds is 6. The number of benzene rings is 1. The Balaban J connectivity index is 2.34. The van der Waals surface area contributed by atoms with Crippen LogP contribution in [0.5, 0.6) is 5.75 Å². The molecule has 0 aliphatic carbocycles. The first kappa shape index (κ1) is 17.4. The smallest absolute Gasteiger partial charge is 0.311 e. The zero-order valence-corrected chi connectivity index (χ0v) is 13.8. The zero-order chi connectivity index (χ0) is 17.9. The number of thiophene rings is 1. The highest BCUT2D eigenvalue weighted by atomic mass is 32.1. The Hall–Kier alpha value is -2.94. The topological polar surface area (TPSA) is 125 Å². The van der Waals surface area contributed by atoms with E-state index >= 15 is 0 Å². The fourth-order valence-electron chi connectivity index (χ4n) is 2.04. The number of carbonyl (C=O) groups excluding carboxylic acids is 2.